The van der Waals surface area contributed by atoms with E-state index in [0.717, 1.165) is 42.8 Å². The Labute approximate surface area is 166 Å². The van der Waals surface area contributed by atoms with Crippen molar-refractivity contribution < 1.29 is 14.3 Å². The van der Waals surface area contributed by atoms with Crippen LogP contribution in [0.25, 0.3) is 11.0 Å². The third-order valence-electron chi connectivity index (χ3n) is 4.55. The molecule has 1 amide bonds. The molecule has 1 saturated heterocycles. The minimum absolute atomic E-state index is 0.323. The molecule has 1 aromatic heterocycles. The molecule has 1 aliphatic heterocycles. The molecule has 1 aromatic carbocycles. The van der Waals surface area contributed by atoms with Crippen LogP contribution in [0.1, 0.15) is 40.5 Å². The summed E-state index contributed by atoms with van der Waals surface area (Å²) in [5, 5.41) is 2.90. The first kappa shape index (κ1) is 20.2. The normalized spacial score (nSPS) is 17.4. The molecular weight excluding hydrogens is 356 g/mol. The molecule has 1 aliphatic rings. The van der Waals surface area contributed by atoms with Gasteiger partial charge < -0.3 is 19.7 Å². The number of piperidine rings is 1. The quantitative estimate of drug-likeness (QED) is 0.843. The van der Waals surface area contributed by atoms with E-state index in [4.69, 9.17) is 14.5 Å². The number of fused-ring (bicyclic) bond motifs is 1. The smallest absolute Gasteiger partial charge is 0.407 e. The summed E-state index contributed by atoms with van der Waals surface area (Å²) < 4.78 is 11.1. The van der Waals surface area contributed by atoms with E-state index >= 15 is 0 Å². The number of carbonyl (C=O) groups excluding carboxylic acids is 1. The van der Waals surface area contributed by atoms with Crippen molar-refractivity contribution in [1.82, 2.24) is 15.3 Å². The Morgan fingerprint density at radius 3 is 2.64 bits per heavy atom. The molecule has 28 heavy (non-hydrogen) atoms. The van der Waals surface area contributed by atoms with Crippen molar-refractivity contribution in [3.8, 4) is 5.88 Å². The summed E-state index contributed by atoms with van der Waals surface area (Å²) in [7, 11) is 0. The summed E-state index contributed by atoms with van der Waals surface area (Å²) in [4.78, 5) is 23.7. The first-order valence-electron chi connectivity index (χ1n) is 9.97. The van der Waals surface area contributed by atoms with Crippen molar-refractivity contribution in [2.24, 2.45) is 5.92 Å². The van der Waals surface area contributed by atoms with Crippen molar-refractivity contribution in [2.75, 3.05) is 31.1 Å². The third kappa shape index (κ3) is 5.24. The fourth-order valence-electron chi connectivity index (χ4n) is 3.38. The Morgan fingerprint density at radius 1 is 1.25 bits per heavy atom. The van der Waals surface area contributed by atoms with Crippen LogP contribution in [0.2, 0.25) is 0 Å². The van der Waals surface area contributed by atoms with Crippen LogP contribution in [-0.2, 0) is 4.74 Å². The summed E-state index contributed by atoms with van der Waals surface area (Å²) >= 11 is 0. The largest absolute Gasteiger partial charge is 0.475 e. The maximum Gasteiger partial charge on any atom is 0.407 e. The fourth-order valence-corrected chi connectivity index (χ4v) is 3.38. The zero-order chi connectivity index (χ0) is 20.1. The maximum atomic E-state index is 11.9. The lowest BCUT2D eigenvalue weighted by molar-refractivity contribution is 0.0517. The van der Waals surface area contributed by atoms with Crippen LogP contribution < -0.4 is 15.0 Å². The second-order valence-corrected chi connectivity index (χ2v) is 8.11. The molecule has 0 bridgehead atoms. The molecule has 2 heterocycles. The molecule has 1 unspecified atom stereocenters. The topological polar surface area (TPSA) is 76.6 Å². The number of amides is 1. The minimum Gasteiger partial charge on any atom is -0.475 e. The molecule has 1 fully saturated rings. The van der Waals surface area contributed by atoms with Gasteiger partial charge in [-0.25, -0.2) is 14.8 Å². The summed E-state index contributed by atoms with van der Waals surface area (Å²) in [5.74, 6) is 1.67. The van der Waals surface area contributed by atoms with Crippen molar-refractivity contribution in [2.45, 2.75) is 46.1 Å². The lowest BCUT2D eigenvalue weighted by atomic mass is 9.98. The molecule has 7 heteroatoms. The number of hydrogen-bond donors (Lipinski definition) is 1. The van der Waals surface area contributed by atoms with Gasteiger partial charge in [-0.15, -0.1) is 0 Å². The lowest BCUT2D eigenvalue weighted by Gasteiger charge is -2.34. The Balaban J connectivity index is 1.71. The van der Waals surface area contributed by atoms with Gasteiger partial charge in [0.2, 0.25) is 0 Å². The van der Waals surface area contributed by atoms with Crippen molar-refractivity contribution in [3.63, 3.8) is 0 Å². The molecular formula is C21H30N4O3. The highest BCUT2D eigenvalue weighted by atomic mass is 16.6. The Hall–Kier alpha value is -2.57. The van der Waals surface area contributed by atoms with Crippen LogP contribution in [0.5, 0.6) is 5.88 Å². The molecule has 2 aromatic rings. The summed E-state index contributed by atoms with van der Waals surface area (Å²) in [5.41, 5.74) is 1.19. The second-order valence-electron chi connectivity index (χ2n) is 8.11. The molecule has 0 radical (unpaired) electrons. The van der Waals surface area contributed by atoms with Crippen LogP contribution >= 0.6 is 0 Å². The number of benzene rings is 1. The average molecular weight is 386 g/mol. The number of nitrogens with one attached hydrogen (secondary N) is 1. The first-order valence-corrected chi connectivity index (χ1v) is 9.97. The SMILES string of the molecule is CCOc1nc2ccccc2nc1N1CCCC(CNC(=O)OC(C)(C)C)C1. The van der Waals surface area contributed by atoms with Crippen LogP contribution in [0.4, 0.5) is 10.6 Å². The zero-order valence-electron chi connectivity index (χ0n) is 17.2. The number of ether oxygens (including phenoxy) is 2. The number of aromatic nitrogens is 2. The number of nitrogens with zero attached hydrogens (tertiary/aromatic N) is 3. The van der Waals surface area contributed by atoms with Gasteiger partial charge in [-0.2, -0.15) is 0 Å². The Morgan fingerprint density at radius 2 is 1.96 bits per heavy atom. The maximum absolute atomic E-state index is 11.9. The highest BCUT2D eigenvalue weighted by molar-refractivity contribution is 5.77. The van der Waals surface area contributed by atoms with Gasteiger partial charge in [0.15, 0.2) is 5.82 Å². The van der Waals surface area contributed by atoms with Crippen LogP contribution in [0, 0.1) is 5.92 Å². The number of anilines is 1. The molecule has 1 atom stereocenters. The van der Waals surface area contributed by atoms with E-state index < -0.39 is 5.60 Å². The zero-order valence-corrected chi connectivity index (χ0v) is 17.2. The van der Waals surface area contributed by atoms with Gasteiger partial charge in [-0.1, -0.05) is 12.1 Å². The van der Waals surface area contributed by atoms with Crippen molar-refractivity contribution >= 4 is 22.9 Å². The van der Waals surface area contributed by atoms with Gasteiger partial charge in [0.25, 0.3) is 5.88 Å². The minimum atomic E-state index is -0.490. The van der Waals surface area contributed by atoms with E-state index in [0.29, 0.717) is 24.9 Å². The van der Waals surface area contributed by atoms with Crippen LogP contribution in [0.3, 0.4) is 0 Å². The highest BCUT2D eigenvalue weighted by Crippen LogP contribution is 2.30. The molecule has 1 N–H and O–H groups in total. The number of hydrogen-bond acceptors (Lipinski definition) is 6. The average Bonchev–Trinajstić information content (AvgIpc) is 2.65. The predicted molar refractivity (Wildman–Crippen MR) is 110 cm³/mol. The molecule has 0 saturated carbocycles. The fraction of sp³-hybridized carbons (Fsp3) is 0.571. The Kier molecular flexibility index (Phi) is 6.21. The second kappa shape index (κ2) is 8.63. The summed E-state index contributed by atoms with van der Waals surface area (Å²) in [6.45, 7) is 10.4. The van der Waals surface area contributed by atoms with Crippen LogP contribution in [0.15, 0.2) is 24.3 Å². The van der Waals surface area contributed by atoms with E-state index in [-0.39, 0.29) is 6.09 Å². The molecule has 3 rings (SSSR count). The lowest BCUT2D eigenvalue weighted by Crippen LogP contribution is -2.42. The monoisotopic (exact) mass is 386 g/mol. The van der Waals surface area contributed by atoms with Crippen LogP contribution in [-0.4, -0.2) is 47.9 Å². The Bertz CT molecular complexity index is 819. The number of rotatable bonds is 5. The third-order valence-corrected chi connectivity index (χ3v) is 4.55. The summed E-state index contributed by atoms with van der Waals surface area (Å²) in [6.07, 6.45) is 1.71. The van der Waals surface area contributed by atoms with Gasteiger partial charge in [0.1, 0.15) is 5.60 Å². The van der Waals surface area contributed by atoms with Gasteiger partial charge in [-0.3, -0.25) is 0 Å². The van der Waals surface area contributed by atoms with E-state index in [9.17, 15) is 4.79 Å². The number of para-hydroxylation sites is 2. The predicted octanol–water partition coefficient (Wildman–Crippen LogP) is 3.77. The number of alkyl carbamates (subject to hydrolysis) is 1. The van der Waals surface area contributed by atoms with Gasteiger partial charge in [0, 0.05) is 19.6 Å². The number of carbonyl (C=O) groups is 1. The highest BCUT2D eigenvalue weighted by Gasteiger charge is 2.25. The van der Waals surface area contributed by atoms with Crippen molar-refractivity contribution in [1.29, 1.82) is 0 Å². The van der Waals surface area contributed by atoms with E-state index in [2.05, 4.69) is 15.2 Å². The first-order chi connectivity index (χ1) is 13.4. The molecule has 0 aliphatic carbocycles. The van der Waals surface area contributed by atoms with E-state index in [1.807, 2.05) is 52.0 Å². The van der Waals surface area contributed by atoms with Gasteiger partial charge in [-0.05, 0) is 58.6 Å². The van der Waals surface area contributed by atoms with Gasteiger partial charge in [0.05, 0.1) is 17.6 Å². The van der Waals surface area contributed by atoms with E-state index in [1.165, 1.54) is 0 Å². The molecule has 0 spiro atoms. The summed E-state index contributed by atoms with van der Waals surface area (Å²) in [6, 6.07) is 7.82. The molecule has 7 nitrogen and oxygen atoms in total. The van der Waals surface area contributed by atoms with E-state index in [1.54, 1.807) is 0 Å². The van der Waals surface area contributed by atoms with Gasteiger partial charge >= 0.3 is 6.09 Å². The standard InChI is InChI=1S/C21H30N4O3/c1-5-27-19-18(23-16-10-6-7-11-17(16)24-19)25-12-8-9-15(14-25)13-22-20(26)28-21(2,3)4/h6-7,10-11,15H,5,8-9,12-14H2,1-4H3,(H,22,26). The molecule has 152 valence electrons. The van der Waals surface area contributed by atoms with Crippen molar-refractivity contribution in [3.05, 3.63) is 24.3 Å².